The largest absolute Gasteiger partial charge is 0.368 e. The van der Waals surface area contributed by atoms with Gasteiger partial charge in [0, 0.05) is 24.1 Å². The van der Waals surface area contributed by atoms with E-state index in [1.54, 1.807) is 0 Å². The zero-order valence-electron chi connectivity index (χ0n) is 13.6. The minimum absolute atomic E-state index is 0.103. The molecule has 2 fully saturated rings. The van der Waals surface area contributed by atoms with E-state index in [4.69, 9.17) is 9.72 Å². The summed E-state index contributed by atoms with van der Waals surface area (Å²) in [6.07, 6.45) is 7.45. The lowest BCUT2D eigenvalue weighted by Gasteiger charge is -2.37. The van der Waals surface area contributed by atoms with Crippen LogP contribution in [0.5, 0.6) is 0 Å². The van der Waals surface area contributed by atoms with E-state index in [1.165, 1.54) is 41.3 Å². The molecule has 3 rings (SSSR count). The third kappa shape index (κ3) is 3.49. The Labute approximate surface area is 132 Å². The second-order valence-corrected chi connectivity index (χ2v) is 7.88. The highest BCUT2D eigenvalue weighted by molar-refractivity contribution is 7.11. The lowest BCUT2D eigenvalue weighted by atomic mass is 9.79. The first kappa shape index (κ1) is 15.4. The van der Waals surface area contributed by atoms with Crippen LogP contribution in [0.3, 0.4) is 0 Å². The molecule has 3 nitrogen and oxygen atoms in total. The zero-order valence-corrected chi connectivity index (χ0v) is 14.4. The van der Waals surface area contributed by atoms with Crippen LogP contribution in [0.25, 0.3) is 0 Å². The summed E-state index contributed by atoms with van der Waals surface area (Å²) >= 11 is 1.88. The van der Waals surface area contributed by atoms with Gasteiger partial charge in [-0.05, 0) is 58.3 Å². The van der Waals surface area contributed by atoms with Crippen molar-refractivity contribution in [3.8, 4) is 0 Å². The highest BCUT2D eigenvalue weighted by Gasteiger charge is 2.39. The van der Waals surface area contributed by atoms with Crippen LogP contribution in [-0.2, 0) is 16.9 Å². The molecule has 0 radical (unpaired) electrons. The average Bonchev–Trinajstić information content (AvgIpc) is 3.22. The molecule has 0 aliphatic heterocycles. The molecule has 21 heavy (non-hydrogen) atoms. The van der Waals surface area contributed by atoms with Crippen molar-refractivity contribution in [1.29, 1.82) is 0 Å². The predicted octanol–water partition coefficient (Wildman–Crippen LogP) is 4.15. The molecule has 0 aromatic carbocycles. The maximum absolute atomic E-state index is 6.24. The summed E-state index contributed by atoms with van der Waals surface area (Å²) in [5.41, 5.74) is 1.09. The molecular formula is C17H28N2OS. The Morgan fingerprint density at radius 2 is 2.00 bits per heavy atom. The summed E-state index contributed by atoms with van der Waals surface area (Å²) in [6, 6.07) is 0.756. The van der Waals surface area contributed by atoms with Crippen molar-refractivity contribution >= 4 is 11.3 Å². The van der Waals surface area contributed by atoms with Gasteiger partial charge in [0.2, 0.25) is 0 Å². The van der Waals surface area contributed by atoms with Crippen molar-refractivity contribution in [1.82, 2.24) is 10.3 Å². The summed E-state index contributed by atoms with van der Waals surface area (Å²) in [6.45, 7) is 8.37. The van der Waals surface area contributed by atoms with Crippen LogP contribution < -0.4 is 5.32 Å². The molecule has 4 heteroatoms. The van der Waals surface area contributed by atoms with Crippen molar-refractivity contribution in [3.05, 3.63) is 15.6 Å². The number of ether oxygens (including phenoxy) is 1. The fraction of sp³-hybridized carbons (Fsp3) is 0.824. The van der Waals surface area contributed by atoms with E-state index >= 15 is 0 Å². The van der Waals surface area contributed by atoms with E-state index < -0.39 is 0 Å². The van der Waals surface area contributed by atoms with Crippen molar-refractivity contribution in [2.45, 2.75) is 77.5 Å². The van der Waals surface area contributed by atoms with Gasteiger partial charge in [-0.1, -0.05) is 6.92 Å². The Kier molecular flexibility index (Phi) is 4.67. The first-order chi connectivity index (χ1) is 10.1. The van der Waals surface area contributed by atoms with Gasteiger partial charge in [-0.2, -0.15) is 0 Å². The topological polar surface area (TPSA) is 34.1 Å². The molecule has 1 heterocycles. The molecule has 118 valence electrons. The van der Waals surface area contributed by atoms with E-state index in [0.29, 0.717) is 0 Å². The second kappa shape index (κ2) is 6.35. The summed E-state index contributed by atoms with van der Waals surface area (Å²) in [7, 11) is 0. The number of nitrogens with one attached hydrogen (secondary N) is 1. The highest BCUT2D eigenvalue weighted by Crippen LogP contribution is 2.44. The van der Waals surface area contributed by atoms with E-state index in [1.807, 2.05) is 11.3 Å². The summed E-state index contributed by atoms with van der Waals surface area (Å²) in [5, 5.41) is 4.83. The van der Waals surface area contributed by atoms with Crippen molar-refractivity contribution in [2.75, 3.05) is 6.61 Å². The lowest BCUT2D eigenvalue weighted by molar-refractivity contribution is -0.0776. The highest BCUT2D eigenvalue weighted by atomic mass is 32.1. The average molecular weight is 308 g/mol. The first-order valence-corrected chi connectivity index (χ1v) is 9.29. The minimum Gasteiger partial charge on any atom is -0.368 e. The summed E-state index contributed by atoms with van der Waals surface area (Å²) < 4.78 is 6.24. The van der Waals surface area contributed by atoms with Gasteiger partial charge in [0.05, 0.1) is 5.69 Å². The van der Waals surface area contributed by atoms with Gasteiger partial charge in [-0.25, -0.2) is 4.98 Å². The predicted molar refractivity (Wildman–Crippen MR) is 87.6 cm³/mol. The number of hydrogen-bond acceptors (Lipinski definition) is 4. The molecule has 1 aromatic rings. The fourth-order valence-electron chi connectivity index (χ4n) is 3.24. The van der Waals surface area contributed by atoms with Gasteiger partial charge in [0.1, 0.15) is 10.6 Å². The van der Waals surface area contributed by atoms with Gasteiger partial charge in [0.15, 0.2) is 0 Å². The number of nitrogens with zero attached hydrogens (tertiary/aromatic N) is 1. The third-order valence-electron chi connectivity index (χ3n) is 4.91. The zero-order chi connectivity index (χ0) is 14.9. The Morgan fingerprint density at radius 1 is 1.29 bits per heavy atom. The van der Waals surface area contributed by atoms with Crippen LogP contribution >= 0.6 is 11.3 Å². The molecular weight excluding hydrogens is 280 g/mol. The van der Waals surface area contributed by atoms with Gasteiger partial charge >= 0.3 is 0 Å². The lowest BCUT2D eigenvalue weighted by Crippen LogP contribution is -2.34. The van der Waals surface area contributed by atoms with E-state index in [2.05, 4.69) is 26.1 Å². The standard InChI is InChI=1S/C17H28N2OS/c1-4-20-17(9-7-12(2)8-10-17)16-19-13(3)15(21-16)11-18-14-5-6-14/h12,14,18H,4-11H2,1-3H3. The second-order valence-electron chi connectivity index (χ2n) is 6.79. The Hall–Kier alpha value is -0.450. The van der Waals surface area contributed by atoms with Crippen molar-refractivity contribution in [2.24, 2.45) is 5.92 Å². The van der Waals surface area contributed by atoms with Crippen molar-refractivity contribution in [3.63, 3.8) is 0 Å². The molecule has 1 N–H and O–H groups in total. The molecule has 2 saturated carbocycles. The normalized spacial score (nSPS) is 29.8. The quantitative estimate of drug-likeness (QED) is 0.857. The van der Waals surface area contributed by atoms with Crippen LogP contribution in [0.4, 0.5) is 0 Å². The molecule has 0 amide bonds. The summed E-state index contributed by atoms with van der Waals surface area (Å²) in [5.74, 6) is 0.829. The Balaban J connectivity index is 1.76. The van der Waals surface area contributed by atoms with Crippen LogP contribution in [0.1, 0.15) is 68.0 Å². The Bertz CT molecular complexity index is 473. The monoisotopic (exact) mass is 308 g/mol. The van der Waals surface area contributed by atoms with Crippen LogP contribution in [0.15, 0.2) is 0 Å². The van der Waals surface area contributed by atoms with E-state index in [0.717, 1.165) is 38.0 Å². The van der Waals surface area contributed by atoms with Gasteiger partial charge in [-0.15, -0.1) is 11.3 Å². The maximum Gasteiger partial charge on any atom is 0.125 e. The van der Waals surface area contributed by atoms with E-state index in [9.17, 15) is 0 Å². The number of aryl methyl sites for hydroxylation is 1. The van der Waals surface area contributed by atoms with E-state index in [-0.39, 0.29) is 5.60 Å². The number of thiazole rings is 1. The van der Waals surface area contributed by atoms with Gasteiger partial charge in [-0.3, -0.25) is 0 Å². The third-order valence-corrected chi connectivity index (χ3v) is 6.26. The van der Waals surface area contributed by atoms with Crippen LogP contribution in [0, 0.1) is 12.8 Å². The SMILES string of the molecule is CCOC1(c2nc(C)c(CNC3CC3)s2)CCC(C)CC1. The smallest absolute Gasteiger partial charge is 0.125 e. The van der Waals surface area contributed by atoms with Crippen molar-refractivity contribution < 1.29 is 4.74 Å². The van der Waals surface area contributed by atoms with Gasteiger partial charge in [0.25, 0.3) is 0 Å². The number of rotatable bonds is 6. The molecule has 0 saturated heterocycles. The molecule has 0 atom stereocenters. The molecule has 1 aromatic heterocycles. The molecule has 2 aliphatic carbocycles. The molecule has 2 aliphatic rings. The Morgan fingerprint density at radius 3 is 2.62 bits per heavy atom. The van der Waals surface area contributed by atoms with Crippen LogP contribution in [-0.4, -0.2) is 17.6 Å². The maximum atomic E-state index is 6.24. The minimum atomic E-state index is -0.103. The number of aromatic nitrogens is 1. The van der Waals surface area contributed by atoms with Crippen LogP contribution in [0.2, 0.25) is 0 Å². The first-order valence-electron chi connectivity index (χ1n) is 8.47. The molecule has 0 spiro atoms. The fourth-order valence-corrected chi connectivity index (χ4v) is 4.45. The van der Waals surface area contributed by atoms with Gasteiger partial charge < -0.3 is 10.1 Å². The molecule has 0 unspecified atom stereocenters. The molecule has 0 bridgehead atoms. The summed E-state index contributed by atoms with van der Waals surface area (Å²) in [4.78, 5) is 6.30. The number of hydrogen-bond donors (Lipinski definition) is 1.